The molecule has 0 aliphatic rings. The molecule has 0 saturated carbocycles. The number of rotatable bonds is 4. The first kappa shape index (κ1) is 13.6. The Hall–Kier alpha value is -1.79. The molecular formula is C13H10F2NO2S. The second-order valence-corrected chi connectivity index (χ2v) is 5.60. The highest BCUT2D eigenvalue weighted by molar-refractivity contribution is 7.89. The van der Waals surface area contributed by atoms with Crippen molar-refractivity contribution in [1.82, 2.24) is 4.72 Å². The Balaban J connectivity index is 2.19. The van der Waals surface area contributed by atoms with Crippen molar-refractivity contribution in [3.8, 4) is 0 Å². The van der Waals surface area contributed by atoms with Crippen LogP contribution in [0, 0.1) is 17.7 Å². The molecule has 6 heteroatoms. The second kappa shape index (κ2) is 5.46. The molecule has 0 heterocycles. The van der Waals surface area contributed by atoms with E-state index < -0.39 is 26.6 Å². The summed E-state index contributed by atoms with van der Waals surface area (Å²) in [6, 6.07) is 11.6. The predicted octanol–water partition coefficient (Wildman–Crippen LogP) is 2.24. The van der Waals surface area contributed by atoms with Gasteiger partial charge in [-0.25, -0.2) is 21.9 Å². The van der Waals surface area contributed by atoms with Crippen LogP contribution in [0.25, 0.3) is 0 Å². The number of nitrogens with one attached hydrogen (secondary N) is 1. The summed E-state index contributed by atoms with van der Waals surface area (Å²) < 4.78 is 52.0. The topological polar surface area (TPSA) is 46.2 Å². The molecule has 19 heavy (non-hydrogen) atoms. The third-order valence-corrected chi connectivity index (χ3v) is 3.78. The Kier molecular flexibility index (Phi) is 3.92. The molecule has 0 aromatic heterocycles. The summed E-state index contributed by atoms with van der Waals surface area (Å²) in [4.78, 5) is -0.438. The normalized spacial score (nSPS) is 11.5. The standard InChI is InChI=1S/C13H10F2NO2S/c14-11-6-12(15)8-13(7-11)19(17,18)16-9-10-4-2-1-3-5-10/h2-8,16H,9H2. The number of hydrogen-bond acceptors (Lipinski definition) is 2. The van der Waals surface area contributed by atoms with Crippen LogP contribution in [0.3, 0.4) is 0 Å². The molecule has 0 amide bonds. The summed E-state index contributed by atoms with van der Waals surface area (Å²) in [5, 5.41) is 0. The molecule has 0 aliphatic carbocycles. The van der Waals surface area contributed by atoms with Crippen molar-refractivity contribution in [3.63, 3.8) is 0 Å². The van der Waals surface area contributed by atoms with Crippen molar-refractivity contribution in [3.05, 3.63) is 65.7 Å². The van der Waals surface area contributed by atoms with Crippen molar-refractivity contribution < 1.29 is 17.2 Å². The molecule has 2 aromatic rings. The summed E-state index contributed by atoms with van der Waals surface area (Å²) in [5.41, 5.74) is 0.721. The van der Waals surface area contributed by atoms with Gasteiger partial charge >= 0.3 is 0 Å². The summed E-state index contributed by atoms with van der Waals surface area (Å²) in [5.74, 6) is -1.87. The van der Waals surface area contributed by atoms with Crippen molar-refractivity contribution >= 4 is 10.0 Å². The summed E-state index contributed by atoms with van der Waals surface area (Å²) in [6.07, 6.45) is 0. The Morgan fingerprint density at radius 2 is 1.63 bits per heavy atom. The fourth-order valence-electron chi connectivity index (χ4n) is 1.48. The van der Waals surface area contributed by atoms with Gasteiger partial charge in [0.05, 0.1) is 4.90 Å². The fourth-order valence-corrected chi connectivity index (χ4v) is 2.54. The predicted molar refractivity (Wildman–Crippen MR) is 65.7 cm³/mol. The molecule has 2 aromatic carbocycles. The summed E-state index contributed by atoms with van der Waals surface area (Å²) in [6.45, 7) is 0.0369. The van der Waals surface area contributed by atoms with E-state index in [4.69, 9.17) is 0 Å². The molecular weight excluding hydrogens is 272 g/mol. The zero-order valence-corrected chi connectivity index (χ0v) is 10.5. The van der Waals surface area contributed by atoms with E-state index in [1.54, 1.807) is 24.3 Å². The minimum absolute atomic E-state index is 0.0369. The van der Waals surface area contributed by atoms with Crippen molar-refractivity contribution in [1.29, 1.82) is 0 Å². The molecule has 99 valence electrons. The van der Waals surface area contributed by atoms with Gasteiger partial charge in [0.1, 0.15) is 11.6 Å². The van der Waals surface area contributed by atoms with Crippen LogP contribution in [-0.4, -0.2) is 8.42 Å². The smallest absolute Gasteiger partial charge is 0.207 e. The highest BCUT2D eigenvalue weighted by Crippen LogP contribution is 2.13. The van der Waals surface area contributed by atoms with E-state index in [1.807, 2.05) is 0 Å². The number of hydrogen-bond donors (Lipinski definition) is 1. The Morgan fingerprint density at radius 1 is 1.05 bits per heavy atom. The average Bonchev–Trinajstić information content (AvgIpc) is 2.37. The molecule has 2 rings (SSSR count). The van der Waals surface area contributed by atoms with Gasteiger partial charge in [-0.2, -0.15) is 0 Å². The zero-order valence-electron chi connectivity index (χ0n) is 9.73. The number of sulfonamides is 1. The van der Waals surface area contributed by atoms with Crippen LogP contribution >= 0.6 is 0 Å². The van der Waals surface area contributed by atoms with Crippen LogP contribution < -0.4 is 4.72 Å². The lowest BCUT2D eigenvalue weighted by molar-refractivity contribution is 0.561. The van der Waals surface area contributed by atoms with Crippen molar-refractivity contribution in [2.24, 2.45) is 0 Å². The maximum Gasteiger partial charge on any atom is 0.241 e. The zero-order chi connectivity index (χ0) is 13.9. The van der Waals surface area contributed by atoms with Crippen LogP contribution in [0.4, 0.5) is 8.78 Å². The van der Waals surface area contributed by atoms with Gasteiger partial charge < -0.3 is 0 Å². The monoisotopic (exact) mass is 282 g/mol. The van der Waals surface area contributed by atoms with Gasteiger partial charge in [-0.15, -0.1) is 0 Å². The molecule has 1 radical (unpaired) electrons. The van der Waals surface area contributed by atoms with E-state index in [-0.39, 0.29) is 6.54 Å². The minimum Gasteiger partial charge on any atom is -0.207 e. The number of halogens is 2. The molecule has 0 atom stereocenters. The van der Waals surface area contributed by atoms with E-state index in [0.29, 0.717) is 6.07 Å². The lowest BCUT2D eigenvalue weighted by Gasteiger charge is -2.07. The van der Waals surface area contributed by atoms with Gasteiger partial charge in [0.15, 0.2) is 0 Å². The summed E-state index contributed by atoms with van der Waals surface area (Å²) in [7, 11) is -3.94. The van der Waals surface area contributed by atoms with Crippen LogP contribution in [0.5, 0.6) is 0 Å². The van der Waals surface area contributed by atoms with E-state index >= 15 is 0 Å². The van der Waals surface area contributed by atoms with Gasteiger partial charge in [0.25, 0.3) is 0 Å². The van der Waals surface area contributed by atoms with Crippen LogP contribution in [0.2, 0.25) is 0 Å². The van der Waals surface area contributed by atoms with Crippen molar-refractivity contribution in [2.45, 2.75) is 11.4 Å². The minimum atomic E-state index is -3.94. The molecule has 0 saturated heterocycles. The van der Waals surface area contributed by atoms with E-state index in [0.717, 1.165) is 17.7 Å². The van der Waals surface area contributed by atoms with Gasteiger partial charge in [-0.05, 0) is 23.8 Å². The lowest BCUT2D eigenvalue weighted by Crippen LogP contribution is -2.23. The van der Waals surface area contributed by atoms with Crippen LogP contribution in [-0.2, 0) is 16.6 Å². The first-order valence-corrected chi connectivity index (χ1v) is 6.86. The molecule has 0 spiro atoms. The molecule has 0 unspecified atom stereocenters. The average molecular weight is 282 g/mol. The highest BCUT2D eigenvalue weighted by atomic mass is 32.2. The van der Waals surface area contributed by atoms with Crippen molar-refractivity contribution in [2.75, 3.05) is 0 Å². The molecule has 0 fully saturated rings. The van der Waals surface area contributed by atoms with E-state index in [1.165, 1.54) is 0 Å². The molecule has 3 nitrogen and oxygen atoms in total. The first-order valence-electron chi connectivity index (χ1n) is 5.38. The number of benzene rings is 2. The van der Waals surface area contributed by atoms with Crippen LogP contribution in [0.1, 0.15) is 5.56 Å². The van der Waals surface area contributed by atoms with Gasteiger partial charge in [-0.3, -0.25) is 0 Å². The molecule has 0 bridgehead atoms. The lowest BCUT2D eigenvalue weighted by atomic mass is 10.2. The highest BCUT2D eigenvalue weighted by Gasteiger charge is 2.16. The fraction of sp³-hybridized carbons (Fsp3) is 0.0769. The maximum absolute atomic E-state index is 13.0. The van der Waals surface area contributed by atoms with Gasteiger partial charge in [0, 0.05) is 12.6 Å². The Labute approximate surface area is 109 Å². The summed E-state index contributed by atoms with van der Waals surface area (Å²) >= 11 is 0. The first-order chi connectivity index (χ1) is 8.97. The quantitative estimate of drug-likeness (QED) is 0.935. The van der Waals surface area contributed by atoms with E-state index in [2.05, 4.69) is 10.8 Å². The van der Waals surface area contributed by atoms with Crippen LogP contribution in [0.15, 0.2) is 47.4 Å². The molecule has 0 aliphatic heterocycles. The second-order valence-electron chi connectivity index (χ2n) is 3.84. The van der Waals surface area contributed by atoms with Gasteiger partial charge in [0.2, 0.25) is 10.0 Å². The Morgan fingerprint density at radius 3 is 2.21 bits per heavy atom. The largest absolute Gasteiger partial charge is 0.241 e. The van der Waals surface area contributed by atoms with E-state index in [9.17, 15) is 17.2 Å². The third kappa shape index (κ3) is 3.59. The van der Waals surface area contributed by atoms with Gasteiger partial charge in [-0.1, -0.05) is 24.3 Å². The third-order valence-electron chi connectivity index (χ3n) is 2.40. The maximum atomic E-state index is 13.0. The SMILES string of the molecule is O=S(=O)(NCc1cc[c]cc1)c1cc(F)cc(F)c1. The molecule has 1 N–H and O–H groups in total. The Bertz CT molecular complexity index is 652.